The van der Waals surface area contributed by atoms with E-state index in [1.165, 1.54) is 19.2 Å². The van der Waals surface area contributed by atoms with E-state index in [0.29, 0.717) is 16.9 Å². The average Bonchev–Trinajstić information content (AvgIpc) is 2.29. The van der Waals surface area contributed by atoms with Crippen LogP contribution in [-0.2, 0) is 0 Å². The Labute approximate surface area is 91.9 Å². The number of nitrogens with zero attached hydrogens (tertiary/aromatic N) is 2. The first-order chi connectivity index (χ1) is 7.72. The van der Waals surface area contributed by atoms with Crippen molar-refractivity contribution in [2.24, 2.45) is 0 Å². The summed E-state index contributed by atoms with van der Waals surface area (Å²) >= 11 is 0. The van der Waals surface area contributed by atoms with Gasteiger partial charge in [0, 0.05) is 5.56 Å². The Hall–Kier alpha value is -2.17. The van der Waals surface area contributed by atoms with Gasteiger partial charge in [-0.1, -0.05) is 12.1 Å². The van der Waals surface area contributed by atoms with Crippen LogP contribution in [0.5, 0.6) is 5.88 Å². The van der Waals surface area contributed by atoms with Crippen molar-refractivity contribution in [1.29, 1.82) is 0 Å². The van der Waals surface area contributed by atoms with Crippen LogP contribution in [0.1, 0.15) is 0 Å². The Morgan fingerprint density at radius 3 is 2.62 bits per heavy atom. The van der Waals surface area contributed by atoms with Crippen molar-refractivity contribution in [3.63, 3.8) is 0 Å². The molecule has 0 saturated heterocycles. The highest BCUT2D eigenvalue weighted by atomic mass is 19.1. The Bertz CT molecular complexity index is 516. The number of nitrogens with two attached hydrogens (primary N) is 1. The maximum Gasteiger partial charge on any atom is 0.256 e. The van der Waals surface area contributed by atoms with Crippen LogP contribution >= 0.6 is 0 Å². The lowest BCUT2D eigenvalue weighted by atomic mass is 10.1. The van der Waals surface area contributed by atoms with E-state index in [1.807, 2.05) is 0 Å². The van der Waals surface area contributed by atoms with Crippen LogP contribution in [0.25, 0.3) is 11.3 Å². The minimum absolute atomic E-state index is 0.236. The zero-order valence-electron chi connectivity index (χ0n) is 8.64. The number of nitrogen functional groups attached to an aromatic ring is 1. The van der Waals surface area contributed by atoms with Crippen LogP contribution in [0, 0.1) is 5.82 Å². The van der Waals surface area contributed by atoms with Gasteiger partial charge in [0.05, 0.1) is 18.5 Å². The molecule has 82 valence electrons. The highest BCUT2D eigenvalue weighted by Crippen LogP contribution is 2.25. The second-order valence-corrected chi connectivity index (χ2v) is 3.17. The van der Waals surface area contributed by atoms with E-state index in [-0.39, 0.29) is 11.7 Å². The minimum atomic E-state index is -0.360. The van der Waals surface area contributed by atoms with Gasteiger partial charge < -0.3 is 10.5 Å². The summed E-state index contributed by atoms with van der Waals surface area (Å²) < 4.78 is 18.3. The lowest BCUT2D eigenvalue weighted by molar-refractivity contribution is 0.394. The van der Waals surface area contributed by atoms with Crippen molar-refractivity contribution in [2.45, 2.75) is 0 Å². The molecule has 0 bridgehead atoms. The second-order valence-electron chi connectivity index (χ2n) is 3.17. The van der Waals surface area contributed by atoms with Crippen molar-refractivity contribution in [3.8, 4) is 17.1 Å². The number of hydrogen-bond donors (Lipinski definition) is 1. The zero-order valence-corrected chi connectivity index (χ0v) is 8.64. The Kier molecular flexibility index (Phi) is 2.68. The molecule has 1 aromatic carbocycles. The number of hydrogen-bond acceptors (Lipinski definition) is 4. The zero-order chi connectivity index (χ0) is 11.5. The molecule has 0 aliphatic carbocycles. The fourth-order valence-electron chi connectivity index (χ4n) is 1.35. The third-order valence-electron chi connectivity index (χ3n) is 2.13. The van der Waals surface area contributed by atoms with Crippen LogP contribution in [0.3, 0.4) is 0 Å². The second kappa shape index (κ2) is 4.14. The fourth-order valence-corrected chi connectivity index (χ4v) is 1.35. The predicted octanol–water partition coefficient (Wildman–Crippen LogP) is 1.87. The van der Waals surface area contributed by atoms with E-state index >= 15 is 0 Å². The van der Waals surface area contributed by atoms with E-state index in [2.05, 4.69) is 10.2 Å². The normalized spacial score (nSPS) is 10.1. The van der Waals surface area contributed by atoms with Crippen LogP contribution in [0.2, 0.25) is 0 Å². The monoisotopic (exact) mass is 219 g/mol. The highest BCUT2D eigenvalue weighted by Gasteiger charge is 2.09. The van der Waals surface area contributed by atoms with Gasteiger partial charge in [0.2, 0.25) is 0 Å². The fraction of sp³-hybridized carbons (Fsp3) is 0.0909. The number of anilines is 1. The van der Waals surface area contributed by atoms with E-state index in [9.17, 15) is 4.39 Å². The summed E-state index contributed by atoms with van der Waals surface area (Å²) in [6.45, 7) is 0. The molecule has 0 fully saturated rings. The van der Waals surface area contributed by atoms with Crippen LogP contribution < -0.4 is 10.5 Å². The predicted molar refractivity (Wildman–Crippen MR) is 58.4 cm³/mol. The van der Waals surface area contributed by atoms with Crippen molar-refractivity contribution >= 4 is 5.69 Å². The lowest BCUT2D eigenvalue weighted by Gasteiger charge is -2.05. The number of rotatable bonds is 2. The molecule has 2 aromatic rings. The summed E-state index contributed by atoms with van der Waals surface area (Å²) in [6, 6.07) is 7.84. The molecular weight excluding hydrogens is 209 g/mol. The molecule has 4 nitrogen and oxygen atoms in total. The number of benzene rings is 1. The lowest BCUT2D eigenvalue weighted by Crippen LogP contribution is -1.99. The summed E-state index contributed by atoms with van der Waals surface area (Å²) in [5.41, 5.74) is 6.75. The minimum Gasteiger partial charge on any atom is -0.478 e. The third-order valence-corrected chi connectivity index (χ3v) is 2.13. The molecule has 0 radical (unpaired) electrons. The van der Waals surface area contributed by atoms with Crippen molar-refractivity contribution in [1.82, 2.24) is 10.2 Å². The molecule has 16 heavy (non-hydrogen) atoms. The SMILES string of the molecule is COc1nnc(-c2ccccc2F)cc1N. The van der Waals surface area contributed by atoms with Crippen LogP contribution in [0.4, 0.5) is 10.1 Å². The third kappa shape index (κ3) is 1.79. The molecule has 0 unspecified atom stereocenters. The number of aromatic nitrogens is 2. The molecule has 0 aliphatic heterocycles. The van der Waals surface area contributed by atoms with Gasteiger partial charge in [0.1, 0.15) is 5.82 Å². The van der Waals surface area contributed by atoms with Gasteiger partial charge in [-0.25, -0.2) is 4.39 Å². The van der Waals surface area contributed by atoms with E-state index in [4.69, 9.17) is 10.5 Å². The first kappa shape index (κ1) is 10.4. The molecule has 0 saturated carbocycles. The van der Waals surface area contributed by atoms with Gasteiger partial charge in [0.15, 0.2) is 0 Å². The van der Waals surface area contributed by atoms with Crippen LogP contribution in [0.15, 0.2) is 30.3 Å². The van der Waals surface area contributed by atoms with Gasteiger partial charge in [-0.2, -0.15) is 0 Å². The highest BCUT2D eigenvalue weighted by molar-refractivity contribution is 5.65. The van der Waals surface area contributed by atoms with E-state index in [0.717, 1.165) is 0 Å². The topological polar surface area (TPSA) is 61.0 Å². The molecule has 2 N–H and O–H groups in total. The van der Waals surface area contributed by atoms with Gasteiger partial charge >= 0.3 is 0 Å². The summed E-state index contributed by atoms with van der Waals surface area (Å²) in [5.74, 6) is -0.124. The number of ether oxygens (including phenoxy) is 1. The first-order valence-electron chi connectivity index (χ1n) is 4.64. The Morgan fingerprint density at radius 2 is 2.00 bits per heavy atom. The molecule has 5 heteroatoms. The molecule has 0 amide bonds. The number of halogens is 1. The summed E-state index contributed by atoms with van der Waals surface area (Å²) in [5, 5.41) is 7.60. The number of methoxy groups -OCH3 is 1. The maximum absolute atomic E-state index is 13.4. The van der Waals surface area contributed by atoms with Crippen molar-refractivity contribution in [3.05, 3.63) is 36.1 Å². The molecule has 1 aromatic heterocycles. The van der Waals surface area contributed by atoms with Gasteiger partial charge in [0.25, 0.3) is 5.88 Å². The largest absolute Gasteiger partial charge is 0.478 e. The van der Waals surface area contributed by atoms with E-state index in [1.54, 1.807) is 18.2 Å². The Morgan fingerprint density at radius 1 is 1.25 bits per heavy atom. The molecule has 0 spiro atoms. The summed E-state index contributed by atoms with van der Waals surface area (Å²) in [6.07, 6.45) is 0. The summed E-state index contributed by atoms with van der Waals surface area (Å²) in [4.78, 5) is 0. The quantitative estimate of drug-likeness (QED) is 0.837. The molecular formula is C11H10FN3O. The molecule has 0 atom stereocenters. The summed E-state index contributed by atoms with van der Waals surface area (Å²) in [7, 11) is 1.45. The van der Waals surface area contributed by atoms with Gasteiger partial charge in [-0.15, -0.1) is 10.2 Å². The van der Waals surface area contributed by atoms with E-state index < -0.39 is 0 Å². The molecule has 2 rings (SSSR count). The smallest absolute Gasteiger partial charge is 0.256 e. The standard InChI is InChI=1S/C11H10FN3O/c1-16-11-9(13)6-10(14-15-11)7-4-2-3-5-8(7)12/h2-6H,1H3,(H2,13,14). The average molecular weight is 219 g/mol. The first-order valence-corrected chi connectivity index (χ1v) is 4.64. The van der Waals surface area contributed by atoms with Crippen LogP contribution in [-0.4, -0.2) is 17.3 Å². The van der Waals surface area contributed by atoms with Crippen molar-refractivity contribution in [2.75, 3.05) is 12.8 Å². The van der Waals surface area contributed by atoms with Gasteiger partial charge in [-0.3, -0.25) is 0 Å². The maximum atomic E-state index is 13.4. The van der Waals surface area contributed by atoms with Gasteiger partial charge in [-0.05, 0) is 18.2 Å². The Balaban J connectivity index is 2.50. The van der Waals surface area contributed by atoms with Crippen molar-refractivity contribution < 1.29 is 9.13 Å². The molecule has 1 heterocycles. The molecule has 0 aliphatic rings.